The first kappa shape index (κ1) is 26.9. The summed E-state index contributed by atoms with van der Waals surface area (Å²) in [5, 5.41) is 12.5. The van der Waals surface area contributed by atoms with Crippen LogP contribution in [0.15, 0.2) is 88.1 Å². The molecule has 3 heterocycles. The number of nitrogens with zero attached hydrogens (tertiary/aromatic N) is 5. The van der Waals surface area contributed by atoms with Gasteiger partial charge in [-0.05, 0) is 74.4 Å². The van der Waals surface area contributed by atoms with E-state index in [1.54, 1.807) is 73.3 Å². The Bertz CT molecular complexity index is 1990. The molecule has 0 fully saturated rings. The van der Waals surface area contributed by atoms with E-state index >= 15 is 0 Å². The minimum absolute atomic E-state index is 0.0163. The largest absolute Gasteiger partial charge is 0.438 e. The van der Waals surface area contributed by atoms with Gasteiger partial charge in [-0.1, -0.05) is 30.3 Å². The second kappa shape index (κ2) is 10.8. The van der Waals surface area contributed by atoms with Gasteiger partial charge in [0.2, 0.25) is 5.88 Å². The highest BCUT2D eigenvalue weighted by Gasteiger charge is 2.22. The average molecular weight is 547 g/mol. The number of carbonyl (C=O) groups excluding carboxylic acids is 1. The van der Waals surface area contributed by atoms with Crippen LogP contribution in [0.25, 0.3) is 17.4 Å². The number of benzene rings is 2. The third-order valence-corrected chi connectivity index (χ3v) is 6.59. The maximum absolute atomic E-state index is 13.5. The van der Waals surface area contributed by atoms with Crippen molar-refractivity contribution < 1.29 is 9.53 Å². The van der Waals surface area contributed by atoms with Crippen LogP contribution in [-0.2, 0) is 11.8 Å². The number of anilines is 1. The molecule has 2 aromatic carbocycles. The zero-order valence-corrected chi connectivity index (χ0v) is 22.9. The fourth-order valence-electron chi connectivity index (χ4n) is 4.57. The van der Waals surface area contributed by atoms with Crippen molar-refractivity contribution in [3.05, 3.63) is 122 Å². The maximum atomic E-state index is 13.5. The molecule has 1 N–H and O–H groups in total. The summed E-state index contributed by atoms with van der Waals surface area (Å²) in [6.45, 7) is 5.51. The van der Waals surface area contributed by atoms with Gasteiger partial charge in [0.05, 0.1) is 11.4 Å². The van der Waals surface area contributed by atoms with Gasteiger partial charge >= 0.3 is 0 Å². The van der Waals surface area contributed by atoms with E-state index in [9.17, 15) is 19.6 Å². The maximum Gasteiger partial charge on any atom is 0.295 e. The van der Waals surface area contributed by atoms with E-state index in [1.165, 1.54) is 15.3 Å². The van der Waals surface area contributed by atoms with Crippen molar-refractivity contribution in [2.24, 2.45) is 7.05 Å². The molecule has 3 aromatic heterocycles. The number of nitrogens with one attached hydrogen (secondary N) is 1. The van der Waals surface area contributed by atoms with Gasteiger partial charge < -0.3 is 10.1 Å². The first-order valence-electron chi connectivity index (χ1n) is 12.7. The molecule has 0 spiro atoms. The lowest BCUT2D eigenvalue weighted by Crippen LogP contribution is -2.24. The number of aromatic nitrogens is 4. The number of amides is 1. The number of ether oxygens (including phenoxy) is 1. The molecule has 41 heavy (non-hydrogen) atoms. The molecular formula is C31H26N6O4. The van der Waals surface area contributed by atoms with Gasteiger partial charge in [-0.15, -0.1) is 0 Å². The van der Waals surface area contributed by atoms with Gasteiger partial charge in [-0.2, -0.15) is 10.2 Å². The summed E-state index contributed by atoms with van der Waals surface area (Å²) in [5.74, 6) is -0.462. The number of carbonyl (C=O) groups is 1. The van der Waals surface area contributed by atoms with Crippen LogP contribution in [-0.4, -0.2) is 24.7 Å². The molecule has 10 nitrogen and oxygen atoms in total. The van der Waals surface area contributed by atoms with Crippen LogP contribution < -0.4 is 21.2 Å². The number of nitriles is 1. The first-order chi connectivity index (χ1) is 19.7. The van der Waals surface area contributed by atoms with Crippen molar-refractivity contribution in [1.82, 2.24) is 18.7 Å². The quantitative estimate of drug-likeness (QED) is 0.248. The Hall–Kier alpha value is -5.69. The first-order valence-corrected chi connectivity index (χ1v) is 12.7. The average Bonchev–Trinajstić information content (AvgIpc) is 3.15. The summed E-state index contributed by atoms with van der Waals surface area (Å²) in [4.78, 5) is 44.6. The van der Waals surface area contributed by atoms with Gasteiger partial charge in [-0.25, -0.2) is 4.68 Å². The fraction of sp³-hybridized carbons (Fsp3) is 0.129. The van der Waals surface area contributed by atoms with Gasteiger partial charge in [0, 0.05) is 13.2 Å². The number of rotatable bonds is 6. The molecule has 0 saturated heterocycles. The Balaban J connectivity index is 1.58. The molecule has 0 aliphatic rings. The van der Waals surface area contributed by atoms with Gasteiger partial charge in [0.1, 0.15) is 34.3 Å². The van der Waals surface area contributed by atoms with Crippen LogP contribution in [0.2, 0.25) is 0 Å². The van der Waals surface area contributed by atoms with Crippen LogP contribution in [0, 0.1) is 32.1 Å². The zero-order valence-electron chi connectivity index (χ0n) is 22.9. The number of hydrogen-bond acceptors (Lipinski definition) is 6. The molecule has 0 atom stereocenters. The molecule has 0 radical (unpaired) electrons. The molecule has 0 aliphatic heterocycles. The van der Waals surface area contributed by atoms with E-state index in [0.717, 1.165) is 17.2 Å². The van der Waals surface area contributed by atoms with Crippen LogP contribution in [0.1, 0.15) is 22.4 Å². The summed E-state index contributed by atoms with van der Waals surface area (Å²) in [7, 11) is 1.69. The molecule has 0 saturated carbocycles. The van der Waals surface area contributed by atoms with Crippen molar-refractivity contribution in [2.75, 3.05) is 5.32 Å². The third kappa shape index (κ3) is 5.16. The van der Waals surface area contributed by atoms with Crippen LogP contribution in [0.4, 0.5) is 5.69 Å². The number of fused-ring (bicyclic) bond motifs is 1. The van der Waals surface area contributed by atoms with E-state index in [2.05, 4.69) is 10.3 Å². The minimum atomic E-state index is -0.853. The smallest absolute Gasteiger partial charge is 0.295 e. The Kier molecular flexibility index (Phi) is 7.10. The summed E-state index contributed by atoms with van der Waals surface area (Å²) in [5.41, 5.74) is 1.85. The lowest BCUT2D eigenvalue weighted by atomic mass is 10.1. The molecule has 10 heteroatoms. The van der Waals surface area contributed by atoms with E-state index in [-0.39, 0.29) is 17.1 Å². The summed E-state index contributed by atoms with van der Waals surface area (Å²) in [6.07, 6.45) is 2.67. The highest BCUT2D eigenvalue weighted by Crippen LogP contribution is 2.26. The summed E-state index contributed by atoms with van der Waals surface area (Å²) in [6, 6.07) is 21.4. The highest BCUT2D eigenvalue weighted by molar-refractivity contribution is 6.10. The highest BCUT2D eigenvalue weighted by atomic mass is 16.5. The SMILES string of the molecule is Cc1cc(C)cc(Oc2nc3ccccn3c(=O)c2C=C(C#N)C(=O)Nc2c(C)n(C)n(-c3ccccc3)c2=O)c1. The van der Waals surface area contributed by atoms with Crippen molar-refractivity contribution >= 4 is 23.3 Å². The van der Waals surface area contributed by atoms with Crippen LogP contribution >= 0.6 is 0 Å². The van der Waals surface area contributed by atoms with E-state index < -0.39 is 22.6 Å². The normalized spacial score (nSPS) is 11.3. The van der Waals surface area contributed by atoms with Gasteiger partial charge in [-0.3, -0.25) is 23.5 Å². The molecule has 5 aromatic rings. The van der Waals surface area contributed by atoms with E-state index in [0.29, 0.717) is 22.8 Å². The minimum Gasteiger partial charge on any atom is -0.438 e. The van der Waals surface area contributed by atoms with Crippen LogP contribution in [0.5, 0.6) is 11.6 Å². The Morgan fingerprint density at radius 2 is 1.66 bits per heavy atom. The predicted molar refractivity (Wildman–Crippen MR) is 155 cm³/mol. The molecule has 0 unspecified atom stereocenters. The molecule has 204 valence electrons. The van der Waals surface area contributed by atoms with Crippen molar-refractivity contribution in [3.8, 4) is 23.4 Å². The number of para-hydroxylation sites is 1. The standard InChI is InChI=1S/C31H26N6O4/c1-19-14-20(2)16-24(15-19)41-29-25(30(39)36-13-9-8-12-26(36)33-29)17-22(18-32)28(38)34-27-21(3)35(4)37(31(27)40)23-10-6-5-7-11-23/h5-17H,1-4H3,(H,34,38). The predicted octanol–water partition coefficient (Wildman–Crippen LogP) is 4.45. The second-order valence-corrected chi connectivity index (χ2v) is 9.55. The Labute approximate surface area is 235 Å². The van der Waals surface area contributed by atoms with Gasteiger partial charge in [0.15, 0.2) is 0 Å². The lowest BCUT2D eigenvalue weighted by Gasteiger charge is -2.11. The Morgan fingerprint density at radius 1 is 0.976 bits per heavy atom. The Morgan fingerprint density at radius 3 is 2.34 bits per heavy atom. The summed E-state index contributed by atoms with van der Waals surface area (Å²) < 4.78 is 10.4. The number of pyridine rings is 1. The molecule has 0 aliphatic carbocycles. The van der Waals surface area contributed by atoms with Crippen LogP contribution in [0.3, 0.4) is 0 Å². The van der Waals surface area contributed by atoms with Crippen molar-refractivity contribution in [3.63, 3.8) is 0 Å². The van der Waals surface area contributed by atoms with Crippen molar-refractivity contribution in [1.29, 1.82) is 5.26 Å². The third-order valence-electron chi connectivity index (χ3n) is 6.59. The van der Waals surface area contributed by atoms with E-state index in [4.69, 9.17) is 4.74 Å². The number of hydrogen-bond donors (Lipinski definition) is 1. The molecule has 1 amide bonds. The lowest BCUT2D eigenvalue weighted by molar-refractivity contribution is -0.112. The summed E-state index contributed by atoms with van der Waals surface area (Å²) >= 11 is 0. The molecule has 5 rings (SSSR count). The van der Waals surface area contributed by atoms with E-state index in [1.807, 2.05) is 32.0 Å². The van der Waals surface area contributed by atoms with Gasteiger partial charge in [0.25, 0.3) is 17.0 Å². The fourth-order valence-corrected chi connectivity index (χ4v) is 4.57. The second-order valence-electron chi connectivity index (χ2n) is 9.55. The topological polar surface area (TPSA) is 123 Å². The molecule has 0 bridgehead atoms. The van der Waals surface area contributed by atoms with Crippen molar-refractivity contribution in [2.45, 2.75) is 20.8 Å². The zero-order chi connectivity index (χ0) is 29.3. The molecular weight excluding hydrogens is 520 g/mol. The number of aryl methyl sites for hydroxylation is 2. The monoisotopic (exact) mass is 546 g/mol.